The smallest absolute Gasteiger partial charge is 0.331 e. The van der Waals surface area contributed by atoms with Crippen molar-refractivity contribution in [1.82, 2.24) is 18.7 Å². The normalized spacial score (nSPS) is 13.7. The van der Waals surface area contributed by atoms with Crippen LogP contribution < -0.4 is 21.3 Å². The molecule has 9 nitrogen and oxygen atoms in total. The van der Waals surface area contributed by atoms with Crippen molar-refractivity contribution < 1.29 is 9.53 Å². The fourth-order valence-electron chi connectivity index (χ4n) is 4.16. The molecule has 188 valence electrons. The van der Waals surface area contributed by atoms with Crippen molar-refractivity contribution in [2.24, 2.45) is 20.0 Å². The number of carbonyl (C=O) groups excluding carboxylic acids is 1. The second kappa shape index (κ2) is 9.76. The number of hydrogen-bond acceptors (Lipinski definition) is 6. The number of carbonyl (C=O) groups is 1. The Morgan fingerprint density at radius 1 is 1.19 bits per heavy atom. The van der Waals surface area contributed by atoms with Crippen LogP contribution in [0.4, 0.5) is 5.13 Å². The number of nitrogens with zero attached hydrogens (tertiary/aromatic N) is 4. The van der Waals surface area contributed by atoms with Gasteiger partial charge in [-0.05, 0) is 37.0 Å². The van der Waals surface area contributed by atoms with Gasteiger partial charge in [0.15, 0.2) is 10.9 Å². The number of amides is 1. The lowest BCUT2D eigenvalue weighted by Gasteiger charge is -2.25. The van der Waals surface area contributed by atoms with Gasteiger partial charge < -0.3 is 14.6 Å². The standard InChI is InChI=1S/C24H23Cl2N5O4S/c1-29-17-8-9-31(20(17)22(33)30(2)24(29)34)10-18(32)28-23-27-16(12-36-23)14-6-7-15(25)21(19(14)26)35-11-13-4-3-5-13/h6-9,12-13H,3-5,10-11H2,1-2H3,(H,27,28,32). The molecule has 3 aromatic heterocycles. The number of benzene rings is 1. The molecule has 1 amide bonds. The quantitative estimate of drug-likeness (QED) is 0.372. The van der Waals surface area contributed by atoms with Gasteiger partial charge in [0, 0.05) is 31.2 Å². The van der Waals surface area contributed by atoms with Crippen molar-refractivity contribution in [1.29, 1.82) is 0 Å². The summed E-state index contributed by atoms with van der Waals surface area (Å²) < 4.78 is 9.83. The van der Waals surface area contributed by atoms with Gasteiger partial charge in [0.05, 0.1) is 27.9 Å². The number of thiazole rings is 1. The first-order valence-electron chi connectivity index (χ1n) is 11.4. The average molecular weight is 548 g/mol. The summed E-state index contributed by atoms with van der Waals surface area (Å²) >= 11 is 14.2. The van der Waals surface area contributed by atoms with Gasteiger partial charge in [-0.2, -0.15) is 0 Å². The summed E-state index contributed by atoms with van der Waals surface area (Å²) in [4.78, 5) is 42.0. The maximum Gasteiger partial charge on any atom is 0.331 e. The Morgan fingerprint density at radius 3 is 2.69 bits per heavy atom. The van der Waals surface area contributed by atoms with E-state index in [9.17, 15) is 14.4 Å². The minimum atomic E-state index is -0.463. The summed E-state index contributed by atoms with van der Waals surface area (Å²) in [6.07, 6.45) is 5.13. The summed E-state index contributed by atoms with van der Waals surface area (Å²) in [6.45, 7) is 0.458. The van der Waals surface area contributed by atoms with Crippen molar-refractivity contribution in [3.8, 4) is 17.0 Å². The van der Waals surface area contributed by atoms with Crippen LogP contribution in [0.15, 0.2) is 39.4 Å². The van der Waals surface area contributed by atoms with Gasteiger partial charge in [0.1, 0.15) is 12.1 Å². The van der Waals surface area contributed by atoms with Crippen molar-refractivity contribution >= 4 is 56.6 Å². The number of aromatic nitrogens is 4. The zero-order valence-electron chi connectivity index (χ0n) is 19.6. The van der Waals surface area contributed by atoms with Gasteiger partial charge in [-0.3, -0.25) is 18.7 Å². The first-order chi connectivity index (χ1) is 17.2. The number of aryl methyl sites for hydroxylation is 1. The number of anilines is 1. The van der Waals surface area contributed by atoms with Crippen LogP contribution >= 0.6 is 34.5 Å². The van der Waals surface area contributed by atoms with E-state index < -0.39 is 11.2 Å². The zero-order chi connectivity index (χ0) is 25.6. The van der Waals surface area contributed by atoms with E-state index in [1.807, 2.05) is 0 Å². The highest BCUT2D eigenvalue weighted by atomic mass is 35.5. The van der Waals surface area contributed by atoms with Crippen LogP contribution in [0, 0.1) is 5.92 Å². The van der Waals surface area contributed by atoms with Crippen molar-refractivity contribution in [2.45, 2.75) is 25.8 Å². The molecule has 1 aromatic carbocycles. The number of rotatable bonds is 7. The summed E-state index contributed by atoms with van der Waals surface area (Å²) in [6, 6.07) is 5.13. The maximum absolute atomic E-state index is 12.8. The van der Waals surface area contributed by atoms with Crippen LogP contribution in [0.3, 0.4) is 0 Å². The molecule has 0 atom stereocenters. The molecule has 3 heterocycles. The van der Waals surface area contributed by atoms with Gasteiger partial charge in [-0.25, -0.2) is 9.78 Å². The topological polar surface area (TPSA) is 100 Å². The molecule has 1 N–H and O–H groups in total. The van der Waals surface area contributed by atoms with E-state index in [2.05, 4.69) is 10.3 Å². The molecular formula is C24H23Cl2N5O4S. The molecule has 36 heavy (non-hydrogen) atoms. The van der Waals surface area contributed by atoms with E-state index in [4.69, 9.17) is 27.9 Å². The van der Waals surface area contributed by atoms with E-state index >= 15 is 0 Å². The minimum Gasteiger partial charge on any atom is -0.490 e. The average Bonchev–Trinajstić information content (AvgIpc) is 3.44. The van der Waals surface area contributed by atoms with Crippen molar-refractivity contribution in [2.75, 3.05) is 11.9 Å². The second-order valence-corrected chi connectivity index (χ2v) is 10.5. The lowest BCUT2D eigenvalue weighted by Crippen LogP contribution is -2.37. The van der Waals surface area contributed by atoms with Gasteiger partial charge >= 0.3 is 5.69 Å². The molecule has 1 saturated carbocycles. The third-order valence-electron chi connectivity index (χ3n) is 6.46. The van der Waals surface area contributed by atoms with Crippen LogP contribution in [0.5, 0.6) is 5.75 Å². The predicted molar refractivity (Wildman–Crippen MR) is 141 cm³/mol. The molecule has 0 unspecified atom stereocenters. The van der Waals surface area contributed by atoms with Crippen LogP contribution in [-0.2, 0) is 25.4 Å². The largest absolute Gasteiger partial charge is 0.490 e. The predicted octanol–water partition coefficient (Wildman–Crippen LogP) is 4.29. The molecule has 0 spiro atoms. The molecule has 0 aliphatic heterocycles. The number of fused-ring (bicyclic) bond motifs is 1. The van der Waals surface area contributed by atoms with E-state index in [0.717, 1.165) is 17.4 Å². The highest BCUT2D eigenvalue weighted by molar-refractivity contribution is 7.14. The van der Waals surface area contributed by atoms with Crippen LogP contribution in [0.25, 0.3) is 22.3 Å². The fraction of sp³-hybridized carbons (Fsp3) is 0.333. The molecule has 0 bridgehead atoms. The third-order valence-corrected chi connectivity index (χ3v) is 7.89. The van der Waals surface area contributed by atoms with E-state index in [1.54, 1.807) is 36.8 Å². The molecule has 0 saturated heterocycles. The summed E-state index contributed by atoms with van der Waals surface area (Å²) in [5.41, 5.74) is 1.08. The number of nitrogens with one attached hydrogen (secondary N) is 1. The molecule has 1 aliphatic rings. The molecule has 4 aromatic rings. The highest BCUT2D eigenvalue weighted by Crippen LogP contribution is 2.41. The van der Waals surface area contributed by atoms with Crippen LogP contribution in [-0.4, -0.2) is 31.2 Å². The maximum atomic E-state index is 12.8. The molecule has 1 fully saturated rings. The van der Waals surface area contributed by atoms with Gasteiger partial charge in [-0.15, -0.1) is 11.3 Å². The van der Waals surface area contributed by atoms with Gasteiger partial charge in [0.2, 0.25) is 5.91 Å². The van der Waals surface area contributed by atoms with Crippen molar-refractivity contribution in [3.63, 3.8) is 0 Å². The molecule has 1 aliphatic carbocycles. The molecular weight excluding hydrogens is 525 g/mol. The molecule has 5 rings (SSSR count). The van der Waals surface area contributed by atoms with Gasteiger partial charge in [0.25, 0.3) is 5.56 Å². The Hall–Kier alpha value is -3.08. The number of hydrogen-bond donors (Lipinski definition) is 1. The summed E-state index contributed by atoms with van der Waals surface area (Å²) in [5, 5.41) is 5.76. The minimum absolute atomic E-state index is 0.118. The SMILES string of the molecule is Cn1c(=O)c2c(ccn2CC(=O)Nc2nc(-c3ccc(Cl)c(OCC4CCC4)c3Cl)cs2)n(C)c1=O. The Kier molecular flexibility index (Phi) is 6.67. The fourth-order valence-corrected chi connectivity index (χ4v) is 5.46. The second-order valence-electron chi connectivity index (χ2n) is 8.82. The number of ether oxygens (including phenoxy) is 1. The highest BCUT2D eigenvalue weighted by Gasteiger charge is 2.21. The lowest BCUT2D eigenvalue weighted by atomic mass is 9.86. The first kappa shape index (κ1) is 24.6. The van der Waals surface area contributed by atoms with E-state index in [1.165, 1.54) is 33.9 Å². The summed E-state index contributed by atoms with van der Waals surface area (Å²) in [7, 11) is 2.99. The lowest BCUT2D eigenvalue weighted by molar-refractivity contribution is -0.116. The third kappa shape index (κ3) is 4.44. The summed E-state index contributed by atoms with van der Waals surface area (Å²) in [5.74, 6) is 0.608. The van der Waals surface area contributed by atoms with Crippen molar-refractivity contribution in [3.05, 3.63) is 60.7 Å². The Balaban J connectivity index is 1.33. The van der Waals surface area contributed by atoms with E-state index in [-0.39, 0.29) is 18.0 Å². The monoisotopic (exact) mass is 547 g/mol. The first-order valence-corrected chi connectivity index (χ1v) is 13.0. The Bertz CT molecular complexity index is 1600. The Labute approximate surface area is 219 Å². The number of halogens is 2. The van der Waals surface area contributed by atoms with Crippen LogP contribution in [0.2, 0.25) is 10.0 Å². The molecule has 12 heteroatoms. The zero-order valence-corrected chi connectivity index (χ0v) is 21.9. The van der Waals surface area contributed by atoms with Gasteiger partial charge in [-0.1, -0.05) is 29.6 Å². The van der Waals surface area contributed by atoms with E-state index in [0.29, 0.717) is 50.2 Å². The Morgan fingerprint density at radius 2 is 1.97 bits per heavy atom. The van der Waals surface area contributed by atoms with Crippen LogP contribution in [0.1, 0.15) is 19.3 Å². The molecule has 0 radical (unpaired) electrons.